The largest absolute Gasteiger partial charge is 0.390 e. The number of nitrogens with one attached hydrogen (secondary N) is 2. The summed E-state index contributed by atoms with van der Waals surface area (Å²) in [6, 6.07) is 29.8. The Labute approximate surface area is 242 Å². The maximum Gasteiger partial charge on any atom is 0.253 e. The Kier molecular flexibility index (Phi) is 10.8. The summed E-state index contributed by atoms with van der Waals surface area (Å²) in [7, 11) is 1.71. The molecule has 3 N–H and O–H groups in total. The van der Waals surface area contributed by atoms with Crippen molar-refractivity contribution in [2.75, 3.05) is 13.6 Å². The highest BCUT2D eigenvalue weighted by atomic mass is 16.3. The molecule has 3 aromatic carbocycles. The first kappa shape index (κ1) is 29.6. The minimum absolute atomic E-state index is 0.206. The van der Waals surface area contributed by atoms with Gasteiger partial charge in [-0.1, -0.05) is 73.7 Å². The van der Waals surface area contributed by atoms with E-state index in [1.54, 1.807) is 42.4 Å². The minimum Gasteiger partial charge on any atom is -0.390 e. The van der Waals surface area contributed by atoms with Gasteiger partial charge in [0, 0.05) is 37.5 Å². The maximum atomic E-state index is 13.4. The fourth-order valence-corrected chi connectivity index (χ4v) is 4.69. The van der Waals surface area contributed by atoms with E-state index in [4.69, 9.17) is 0 Å². The predicted octanol–water partition coefficient (Wildman–Crippen LogP) is 4.41. The number of aliphatic hydroxyl groups is 1. The van der Waals surface area contributed by atoms with Crippen molar-refractivity contribution in [1.29, 1.82) is 0 Å². The molecule has 0 unspecified atom stereocenters. The van der Waals surface area contributed by atoms with Gasteiger partial charge in [-0.3, -0.25) is 14.6 Å². The van der Waals surface area contributed by atoms with Crippen LogP contribution in [0.15, 0.2) is 103 Å². The quantitative estimate of drug-likeness (QED) is 0.229. The van der Waals surface area contributed by atoms with Crippen LogP contribution in [0.25, 0.3) is 0 Å². The van der Waals surface area contributed by atoms with Crippen LogP contribution in [0, 0.1) is 0 Å². The highest BCUT2D eigenvalue weighted by Crippen LogP contribution is 2.13. The second-order valence-corrected chi connectivity index (χ2v) is 10.2. The zero-order valence-corrected chi connectivity index (χ0v) is 23.7. The van der Waals surface area contributed by atoms with E-state index in [2.05, 4.69) is 40.7 Å². The summed E-state index contributed by atoms with van der Waals surface area (Å²) in [5.41, 5.74) is 4.97. The van der Waals surface area contributed by atoms with Crippen LogP contribution in [0.5, 0.6) is 0 Å². The molecule has 4 aromatic rings. The number of carbonyl (C=O) groups is 2. The van der Waals surface area contributed by atoms with Gasteiger partial charge in [0.05, 0.1) is 24.4 Å². The van der Waals surface area contributed by atoms with E-state index in [1.807, 2.05) is 54.6 Å². The Bertz CT molecular complexity index is 1410. The molecule has 41 heavy (non-hydrogen) atoms. The van der Waals surface area contributed by atoms with Crippen LogP contribution >= 0.6 is 0 Å². The summed E-state index contributed by atoms with van der Waals surface area (Å²) in [6.07, 6.45) is 2.29. The van der Waals surface area contributed by atoms with E-state index < -0.39 is 12.1 Å². The second kappa shape index (κ2) is 14.9. The van der Waals surface area contributed by atoms with E-state index in [0.717, 1.165) is 23.2 Å². The minimum atomic E-state index is -0.831. The summed E-state index contributed by atoms with van der Waals surface area (Å²) in [4.78, 5) is 32.3. The summed E-state index contributed by atoms with van der Waals surface area (Å²) in [5, 5.41) is 17.5. The van der Waals surface area contributed by atoms with Crippen LogP contribution in [0.2, 0.25) is 0 Å². The number of nitrogens with zero attached hydrogens (tertiary/aromatic N) is 2. The predicted molar refractivity (Wildman–Crippen MR) is 161 cm³/mol. The molecular weight excluding hydrogens is 512 g/mol. The molecule has 2 amide bonds. The number of carbonyl (C=O) groups excluding carboxylic acids is 2. The molecule has 0 aliphatic rings. The lowest BCUT2D eigenvalue weighted by Gasteiger charge is -2.25. The van der Waals surface area contributed by atoms with Crippen molar-refractivity contribution in [2.24, 2.45) is 0 Å². The smallest absolute Gasteiger partial charge is 0.253 e. The van der Waals surface area contributed by atoms with Crippen LogP contribution in [0.1, 0.15) is 50.0 Å². The number of pyridine rings is 1. The number of hydrogen-bond acceptors (Lipinski definition) is 5. The molecule has 0 aliphatic carbocycles. The molecular formula is C34H38N4O3. The normalized spacial score (nSPS) is 12.4. The summed E-state index contributed by atoms with van der Waals surface area (Å²) >= 11 is 0. The van der Waals surface area contributed by atoms with Crippen LogP contribution in [0.4, 0.5) is 0 Å². The van der Waals surface area contributed by atoms with Crippen molar-refractivity contribution in [3.05, 3.63) is 137 Å². The number of amides is 2. The SMILES string of the molecule is CCc1cccc(CNC[C@@H](O)[C@H](Cc2ccccc2)NC(=O)c2cccc(C(=O)N(C)Cc3ccccn3)c2)c1. The van der Waals surface area contributed by atoms with Gasteiger partial charge in [0.25, 0.3) is 11.8 Å². The van der Waals surface area contributed by atoms with Gasteiger partial charge in [-0.2, -0.15) is 0 Å². The number of aryl methyl sites for hydroxylation is 1. The Morgan fingerprint density at radius 3 is 2.32 bits per heavy atom. The second-order valence-electron chi connectivity index (χ2n) is 10.2. The maximum absolute atomic E-state index is 13.4. The Hall–Kier alpha value is -4.33. The third-order valence-electron chi connectivity index (χ3n) is 7.01. The number of rotatable bonds is 13. The fourth-order valence-electron chi connectivity index (χ4n) is 4.69. The van der Waals surface area contributed by atoms with Gasteiger partial charge >= 0.3 is 0 Å². The fraction of sp³-hybridized carbons (Fsp3) is 0.265. The Morgan fingerprint density at radius 1 is 0.854 bits per heavy atom. The van der Waals surface area contributed by atoms with Crippen molar-refractivity contribution < 1.29 is 14.7 Å². The molecule has 0 radical (unpaired) electrons. The van der Waals surface area contributed by atoms with Crippen molar-refractivity contribution in [3.8, 4) is 0 Å². The molecule has 7 heteroatoms. The lowest BCUT2D eigenvalue weighted by molar-refractivity contribution is 0.0783. The zero-order valence-electron chi connectivity index (χ0n) is 23.7. The highest BCUT2D eigenvalue weighted by molar-refractivity contribution is 5.99. The molecule has 0 spiro atoms. The number of hydrogen-bond donors (Lipinski definition) is 3. The van der Waals surface area contributed by atoms with Crippen molar-refractivity contribution in [1.82, 2.24) is 20.5 Å². The molecule has 0 fully saturated rings. The first-order valence-corrected chi connectivity index (χ1v) is 14.0. The van der Waals surface area contributed by atoms with Crippen LogP contribution in [-0.4, -0.2) is 52.5 Å². The van der Waals surface area contributed by atoms with E-state index in [-0.39, 0.29) is 11.8 Å². The topological polar surface area (TPSA) is 94.6 Å². The zero-order chi connectivity index (χ0) is 29.0. The first-order chi connectivity index (χ1) is 19.9. The van der Waals surface area contributed by atoms with Gasteiger partial charge in [-0.25, -0.2) is 0 Å². The standard InChI is InChI=1S/C34H38N4O3/c1-3-25-13-9-14-27(19-25)22-35-23-32(39)31(20-26-11-5-4-6-12-26)37-33(40)28-15-10-16-29(21-28)34(41)38(2)24-30-17-7-8-18-36-30/h4-19,21,31-32,35,39H,3,20,22-24H2,1-2H3,(H,37,40)/t31-,32+/m0/s1. The third kappa shape index (κ3) is 8.83. The Balaban J connectivity index is 1.42. The number of benzene rings is 3. The Morgan fingerprint density at radius 2 is 1.56 bits per heavy atom. The van der Waals surface area contributed by atoms with Crippen molar-refractivity contribution in [3.63, 3.8) is 0 Å². The molecule has 0 saturated heterocycles. The molecule has 7 nitrogen and oxygen atoms in total. The van der Waals surface area contributed by atoms with E-state index in [0.29, 0.717) is 37.2 Å². The highest BCUT2D eigenvalue weighted by Gasteiger charge is 2.23. The lowest BCUT2D eigenvalue weighted by atomic mass is 10.00. The molecule has 2 atom stereocenters. The lowest BCUT2D eigenvalue weighted by Crippen LogP contribution is -2.48. The average Bonchev–Trinajstić information content (AvgIpc) is 3.01. The van der Waals surface area contributed by atoms with Gasteiger partial charge in [0.2, 0.25) is 0 Å². The van der Waals surface area contributed by atoms with Gasteiger partial charge in [-0.15, -0.1) is 0 Å². The van der Waals surface area contributed by atoms with Crippen LogP contribution in [-0.2, 0) is 25.9 Å². The van der Waals surface area contributed by atoms with E-state index >= 15 is 0 Å². The molecule has 4 rings (SSSR count). The van der Waals surface area contributed by atoms with E-state index in [9.17, 15) is 14.7 Å². The van der Waals surface area contributed by atoms with Gasteiger partial charge < -0.3 is 20.6 Å². The number of aliphatic hydroxyl groups excluding tert-OH is 1. The summed E-state index contributed by atoms with van der Waals surface area (Å²) in [6.45, 7) is 3.41. The summed E-state index contributed by atoms with van der Waals surface area (Å²) in [5.74, 6) is -0.551. The van der Waals surface area contributed by atoms with Crippen molar-refractivity contribution in [2.45, 2.75) is 45.0 Å². The molecule has 212 valence electrons. The molecule has 0 saturated carbocycles. The van der Waals surface area contributed by atoms with E-state index in [1.165, 1.54) is 5.56 Å². The van der Waals surface area contributed by atoms with Gasteiger partial charge in [0.15, 0.2) is 0 Å². The molecule has 0 aliphatic heterocycles. The average molecular weight is 551 g/mol. The molecule has 0 bridgehead atoms. The van der Waals surface area contributed by atoms with Crippen molar-refractivity contribution >= 4 is 11.8 Å². The molecule has 1 aromatic heterocycles. The first-order valence-electron chi connectivity index (χ1n) is 14.0. The van der Waals surface area contributed by atoms with Crippen LogP contribution < -0.4 is 10.6 Å². The summed E-state index contributed by atoms with van der Waals surface area (Å²) < 4.78 is 0. The third-order valence-corrected chi connectivity index (χ3v) is 7.01. The van der Waals surface area contributed by atoms with Gasteiger partial charge in [-0.05, 0) is 59.9 Å². The van der Waals surface area contributed by atoms with Crippen LogP contribution in [0.3, 0.4) is 0 Å². The number of aromatic nitrogens is 1. The molecule has 1 heterocycles. The monoisotopic (exact) mass is 550 g/mol. The van der Waals surface area contributed by atoms with Gasteiger partial charge in [0.1, 0.15) is 0 Å².